The van der Waals surface area contributed by atoms with Crippen molar-refractivity contribution in [2.24, 2.45) is 0 Å². The summed E-state index contributed by atoms with van der Waals surface area (Å²) in [7, 11) is 1.61. The molecule has 6 nitrogen and oxygen atoms in total. The number of carbonyl (C=O) groups is 1. The van der Waals surface area contributed by atoms with Crippen molar-refractivity contribution in [1.29, 1.82) is 0 Å². The number of nitrogens with one attached hydrogen (secondary N) is 1. The number of methoxy groups -OCH3 is 1. The second-order valence-electron chi connectivity index (χ2n) is 7.58. The van der Waals surface area contributed by atoms with E-state index < -0.39 is 0 Å². The van der Waals surface area contributed by atoms with Crippen LogP contribution >= 0.6 is 0 Å². The molecule has 0 radical (unpaired) electrons. The van der Waals surface area contributed by atoms with Gasteiger partial charge in [-0.3, -0.25) is 9.59 Å². The fourth-order valence-electron chi connectivity index (χ4n) is 3.72. The van der Waals surface area contributed by atoms with E-state index in [9.17, 15) is 9.59 Å². The molecule has 4 aromatic rings. The molecule has 6 heteroatoms. The Morgan fingerprint density at radius 1 is 0.938 bits per heavy atom. The monoisotopic (exact) mass is 427 g/mol. The largest absolute Gasteiger partial charge is 0.496 e. The molecule has 3 aromatic carbocycles. The highest BCUT2D eigenvalue weighted by Crippen LogP contribution is 2.21. The minimum atomic E-state index is -0.209. The van der Waals surface area contributed by atoms with Gasteiger partial charge in [-0.05, 0) is 30.2 Å². The van der Waals surface area contributed by atoms with Gasteiger partial charge >= 0.3 is 0 Å². The molecule has 0 saturated heterocycles. The van der Waals surface area contributed by atoms with Gasteiger partial charge in [-0.2, -0.15) is 0 Å². The fraction of sp³-hybridized carbons (Fsp3) is 0.192. The van der Waals surface area contributed by atoms with E-state index in [1.54, 1.807) is 30.2 Å². The number of rotatable bonds is 8. The summed E-state index contributed by atoms with van der Waals surface area (Å²) in [6, 6.07) is 24.7. The van der Waals surface area contributed by atoms with E-state index in [0.717, 1.165) is 11.1 Å². The molecular formula is C26H25N3O3. The number of aryl methyl sites for hydroxylation is 1. The third kappa shape index (κ3) is 5.03. The van der Waals surface area contributed by atoms with Crippen LogP contribution in [0.5, 0.6) is 5.75 Å². The van der Waals surface area contributed by atoms with Crippen LogP contribution in [0.2, 0.25) is 0 Å². The molecular weight excluding hydrogens is 402 g/mol. The normalized spacial score (nSPS) is 10.8. The van der Waals surface area contributed by atoms with E-state index in [4.69, 9.17) is 4.74 Å². The lowest BCUT2D eigenvalue weighted by Crippen LogP contribution is -2.32. The quantitative estimate of drug-likeness (QED) is 0.460. The molecule has 0 spiro atoms. The summed E-state index contributed by atoms with van der Waals surface area (Å²) < 4.78 is 5.47. The Balaban J connectivity index is 1.60. The maximum Gasteiger partial charge on any atom is 0.258 e. The number of fused-ring (bicyclic) bond motifs is 1. The number of benzene rings is 3. The number of hydrogen-bond acceptors (Lipinski definition) is 4. The molecule has 0 unspecified atom stereocenters. The van der Waals surface area contributed by atoms with E-state index in [1.807, 2.05) is 60.7 Å². The van der Waals surface area contributed by atoms with Crippen LogP contribution in [0, 0.1) is 0 Å². The zero-order valence-electron chi connectivity index (χ0n) is 18.0. The topological polar surface area (TPSA) is 75.3 Å². The number of carbonyl (C=O) groups excluding carboxylic acids is 1. The van der Waals surface area contributed by atoms with Crippen molar-refractivity contribution in [2.75, 3.05) is 7.11 Å². The third-order valence-electron chi connectivity index (χ3n) is 5.38. The highest BCUT2D eigenvalue weighted by Gasteiger charge is 2.18. The van der Waals surface area contributed by atoms with Crippen molar-refractivity contribution in [3.63, 3.8) is 0 Å². The number of aromatic nitrogens is 2. The van der Waals surface area contributed by atoms with Gasteiger partial charge in [0.15, 0.2) is 0 Å². The highest BCUT2D eigenvalue weighted by atomic mass is 16.5. The lowest BCUT2D eigenvalue weighted by molar-refractivity contribution is -0.132. The van der Waals surface area contributed by atoms with Crippen LogP contribution in [0.1, 0.15) is 23.4 Å². The van der Waals surface area contributed by atoms with Crippen molar-refractivity contribution in [2.45, 2.75) is 25.9 Å². The van der Waals surface area contributed by atoms with Gasteiger partial charge in [0.05, 0.1) is 24.6 Å². The zero-order chi connectivity index (χ0) is 22.3. The number of para-hydroxylation sites is 2. The second-order valence-corrected chi connectivity index (χ2v) is 7.58. The van der Waals surface area contributed by atoms with Crippen LogP contribution in [0.15, 0.2) is 83.7 Å². The van der Waals surface area contributed by atoms with E-state index >= 15 is 0 Å². The molecule has 0 aliphatic carbocycles. The molecule has 1 aromatic heterocycles. The molecule has 4 rings (SSSR count). The van der Waals surface area contributed by atoms with Crippen LogP contribution in [0.25, 0.3) is 10.9 Å². The number of amides is 1. The van der Waals surface area contributed by atoms with Gasteiger partial charge in [-0.25, -0.2) is 4.98 Å². The first-order chi connectivity index (χ1) is 15.6. The van der Waals surface area contributed by atoms with Crippen LogP contribution < -0.4 is 10.3 Å². The standard InChI is InChI=1S/C26H25N3O3/c1-32-23-14-8-5-11-20(23)17-29(25(30)16-15-19-9-3-2-4-10-19)18-24-27-22-13-7-6-12-21(22)26(31)28-24/h2-14H,15-18H2,1H3,(H,27,28,31). The van der Waals surface area contributed by atoms with Gasteiger partial charge in [-0.15, -0.1) is 0 Å². The van der Waals surface area contributed by atoms with Crippen molar-refractivity contribution in [3.05, 3.63) is 106 Å². The van der Waals surface area contributed by atoms with Gasteiger partial charge in [-0.1, -0.05) is 60.7 Å². The molecule has 0 aliphatic rings. The molecule has 0 fully saturated rings. The van der Waals surface area contributed by atoms with E-state index in [1.165, 1.54) is 0 Å². The fourth-order valence-corrected chi connectivity index (χ4v) is 3.72. The molecule has 0 aliphatic heterocycles. The summed E-state index contributed by atoms with van der Waals surface area (Å²) >= 11 is 0. The molecule has 1 N–H and O–H groups in total. The average Bonchev–Trinajstić information content (AvgIpc) is 2.83. The lowest BCUT2D eigenvalue weighted by atomic mass is 10.1. The molecule has 0 saturated carbocycles. The minimum absolute atomic E-state index is 0.0180. The van der Waals surface area contributed by atoms with Crippen molar-refractivity contribution >= 4 is 16.8 Å². The van der Waals surface area contributed by atoms with E-state index in [2.05, 4.69) is 9.97 Å². The van der Waals surface area contributed by atoms with Crippen LogP contribution in [0.4, 0.5) is 0 Å². The van der Waals surface area contributed by atoms with Crippen molar-refractivity contribution < 1.29 is 9.53 Å². The smallest absolute Gasteiger partial charge is 0.258 e. The van der Waals surface area contributed by atoms with Gasteiger partial charge in [0.2, 0.25) is 5.91 Å². The molecule has 162 valence electrons. The minimum Gasteiger partial charge on any atom is -0.496 e. The predicted octanol–water partition coefficient (Wildman–Crippen LogP) is 4.09. The SMILES string of the molecule is COc1ccccc1CN(Cc1nc2ccccc2c(=O)[nH]1)C(=O)CCc1ccccc1. The second kappa shape index (κ2) is 9.92. The molecule has 1 amide bonds. The third-order valence-corrected chi connectivity index (χ3v) is 5.38. The summed E-state index contributed by atoms with van der Waals surface area (Å²) in [5.41, 5.74) is 2.40. The number of hydrogen-bond donors (Lipinski definition) is 1. The van der Waals surface area contributed by atoms with E-state index in [0.29, 0.717) is 41.9 Å². The zero-order valence-corrected chi connectivity index (χ0v) is 18.0. The Labute approximate surface area is 186 Å². The van der Waals surface area contributed by atoms with Crippen molar-refractivity contribution in [1.82, 2.24) is 14.9 Å². The van der Waals surface area contributed by atoms with Gasteiger partial charge in [0.25, 0.3) is 5.56 Å². The van der Waals surface area contributed by atoms with Crippen LogP contribution in [-0.4, -0.2) is 27.9 Å². The predicted molar refractivity (Wildman–Crippen MR) is 124 cm³/mol. The highest BCUT2D eigenvalue weighted by molar-refractivity contribution is 5.78. The van der Waals surface area contributed by atoms with Gasteiger partial charge < -0.3 is 14.6 Å². The van der Waals surface area contributed by atoms with E-state index in [-0.39, 0.29) is 18.0 Å². The maximum absolute atomic E-state index is 13.2. The average molecular weight is 428 g/mol. The molecule has 0 bridgehead atoms. The number of nitrogens with zero attached hydrogens (tertiary/aromatic N) is 2. The Bertz CT molecular complexity index is 1270. The summed E-state index contributed by atoms with van der Waals surface area (Å²) in [5.74, 6) is 1.15. The number of aromatic amines is 1. The van der Waals surface area contributed by atoms with Crippen LogP contribution in [0.3, 0.4) is 0 Å². The molecule has 1 heterocycles. The van der Waals surface area contributed by atoms with Crippen LogP contribution in [-0.2, 0) is 24.3 Å². The molecule has 32 heavy (non-hydrogen) atoms. The first-order valence-corrected chi connectivity index (χ1v) is 10.6. The van der Waals surface area contributed by atoms with Crippen molar-refractivity contribution in [3.8, 4) is 5.75 Å². The Kier molecular flexibility index (Phi) is 6.60. The number of H-pyrrole nitrogens is 1. The first kappa shape index (κ1) is 21.3. The Morgan fingerprint density at radius 3 is 2.47 bits per heavy atom. The maximum atomic E-state index is 13.2. The summed E-state index contributed by atoms with van der Waals surface area (Å²) in [5, 5.41) is 0.530. The summed E-state index contributed by atoms with van der Waals surface area (Å²) in [4.78, 5) is 34.9. The van der Waals surface area contributed by atoms with Gasteiger partial charge in [0.1, 0.15) is 11.6 Å². The summed E-state index contributed by atoms with van der Waals surface area (Å²) in [6.45, 7) is 0.555. The molecule has 0 atom stereocenters. The first-order valence-electron chi connectivity index (χ1n) is 10.6. The number of ether oxygens (including phenoxy) is 1. The Morgan fingerprint density at radius 2 is 1.66 bits per heavy atom. The Hall–Kier alpha value is -3.93. The summed E-state index contributed by atoms with van der Waals surface area (Å²) in [6.07, 6.45) is 1.00. The van der Waals surface area contributed by atoms with Gasteiger partial charge in [0, 0.05) is 18.5 Å². The lowest BCUT2D eigenvalue weighted by Gasteiger charge is -2.23.